The number of nitrogens with zero attached hydrogens (tertiary/aromatic N) is 1. The third-order valence-electron chi connectivity index (χ3n) is 4.51. The van der Waals surface area contributed by atoms with E-state index in [2.05, 4.69) is 42.5 Å². The zero-order valence-electron chi connectivity index (χ0n) is 18.3. The second-order valence-corrected chi connectivity index (χ2v) is 8.16. The van der Waals surface area contributed by atoms with Crippen LogP contribution in [0.25, 0.3) is 0 Å². The Bertz CT molecular complexity index is 599. The largest absolute Gasteiger partial charge is 0.488 e. The number of para-hydroxylation sites is 1. The Balaban J connectivity index is 0.00000420. The first-order valence-electron chi connectivity index (χ1n) is 10.3. The van der Waals surface area contributed by atoms with Gasteiger partial charge in [0.2, 0.25) is 0 Å². The number of benzene rings is 1. The number of rotatable bonds is 9. The normalized spacial score (nSPS) is 15.5. The Kier molecular flexibility index (Phi) is 12.6. The summed E-state index contributed by atoms with van der Waals surface area (Å²) in [5, 5.41) is 6.70. The van der Waals surface area contributed by atoms with E-state index in [1.807, 2.05) is 18.2 Å². The molecule has 0 amide bonds. The lowest BCUT2D eigenvalue weighted by molar-refractivity contribution is 0.0203. The molecule has 166 valence electrons. The molecule has 1 saturated heterocycles. The van der Waals surface area contributed by atoms with Gasteiger partial charge in [0.25, 0.3) is 0 Å². The topological polar surface area (TPSA) is 64.1 Å². The van der Waals surface area contributed by atoms with E-state index in [0.717, 1.165) is 69.5 Å². The molecule has 29 heavy (non-hydrogen) atoms. The number of guanidine groups is 1. The van der Waals surface area contributed by atoms with Crippen LogP contribution in [0.3, 0.4) is 0 Å². The van der Waals surface area contributed by atoms with Crippen molar-refractivity contribution in [2.24, 2.45) is 10.9 Å². The Morgan fingerprint density at radius 3 is 2.59 bits per heavy atom. The van der Waals surface area contributed by atoms with Gasteiger partial charge in [-0.1, -0.05) is 18.2 Å². The highest BCUT2D eigenvalue weighted by Gasteiger charge is 2.15. The lowest BCUT2D eigenvalue weighted by Crippen LogP contribution is -2.37. The van der Waals surface area contributed by atoms with Crippen LogP contribution in [0.4, 0.5) is 0 Å². The molecule has 1 aliphatic rings. The molecule has 1 aromatic carbocycles. The van der Waals surface area contributed by atoms with Crippen LogP contribution in [0.2, 0.25) is 0 Å². The van der Waals surface area contributed by atoms with E-state index in [1.54, 1.807) is 7.05 Å². The second-order valence-electron chi connectivity index (χ2n) is 8.16. The van der Waals surface area contributed by atoms with Crippen molar-refractivity contribution in [3.63, 3.8) is 0 Å². The molecule has 0 spiro atoms. The van der Waals surface area contributed by atoms with Gasteiger partial charge >= 0.3 is 0 Å². The van der Waals surface area contributed by atoms with Gasteiger partial charge in [-0.05, 0) is 52.0 Å². The molecule has 1 aromatic rings. The number of aliphatic imine (C=N–C) groups is 1. The van der Waals surface area contributed by atoms with Crippen LogP contribution >= 0.6 is 24.0 Å². The third kappa shape index (κ3) is 11.1. The van der Waals surface area contributed by atoms with Crippen LogP contribution < -0.4 is 15.4 Å². The van der Waals surface area contributed by atoms with E-state index in [-0.39, 0.29) is 29.6 Å². The first-order chi connectivity index (χ1) is 13.5. The maximum Gasteiger partial charge on any atom is 0.191 e. The average Bonchev–Trinajstić information content (AvgIpc) is 2.67. The summed E-state index contributed by atoms with van der Waals surface area (Å²) < 4.78 is 17.2. The minimum atomic E-state index is -0.222. The monoisotopic (exact) mass is 519 g/mol. The second kappa shape index (κ2) is 14.0. The maximum absolute atomic E-state index is 6.05. The fraction of sp³-hybridized carbons (Fsp3) is 0.682. The van der Waals surface area contributed by atoms with Gasteiger partial charge in [0, 0.05) is 52.1 Å². The first kappa shape index (κ1) is 26.0. The highest BCUT2D eigenvalue weighted by atomic mass is 127. The molecular formula is C22H38IN3O3. The summed E-state index contributed by atoms with van der Waals surface area (Å²) in [6.07, 6.45) is 3.19. The molecule has 0 saturated carbocycles. The van der Waals surface area contributed by atoms with E-state index in [4.69, 9.17) is 14.2 Å². The van der Waals surface area contributed by atoms with Gasteiger partial charge < -0.3 is 24.8 Å². The summed E-state index contributed by atoms with van der Waals surface area (Å²) in [5.74, 6) is 2.35. The highest BCUT2D eigenvalue weighted by molar-refractivity contribution is 14.0. The minimum absolute atomic E-state index is 0. The average molecular weight is 519 g/mol. The molecule has 0 aliphatic carbocycles. The predicted octanol–water partition coefficient (Wildman–Crippen LogP) is 3.98. The summed E-state index contributed by atoms with van der Waals surface area (Å²) in [5.41, 5.74) is 0.890. The van der Waals surface area contributed by atoms with Gasteiger partial charge in [0.05, 0.1) is 0 Å². The Hall–Kier alpha value is -1.06. The molecule has 0 aromatic heterocycles. The molecule has 7 heteroatoms. The molecule has 2 rings (SSSR count). The van der Waals surface area contributed by atoms with Crippen LogP contribution in [0.5, 0.6) is 5.75 Å². The van der Waals surface area contributed by atoms with Gasteiger partial charge in [-0.2, -0.15) is 0 Å². The van der Waals surface area contributed by atoms with E-state index in [0.29, 0.717) is 12.5 Å². The number of ether oxygens (including phenoxy) is 3. The first-order valence-corrected chi connectivity index (χ1v) is 10.3. The maximum atomic E-state index is 6.05. The van der Waals surface area contributed by atoms with Gasteiger partial charge in [-0.3, -0.25) is 4.99 Å². The lowest BCUT2D eigenvalue weighted by Gasteiger charge is -2.23. The smallest absolute Gasteiger partial charge is 0.191 e. The molecule has 0 atom stereocenters. The zero-order chi connectivity index (χ0) is 20.2. The molecular weight excluding hydrogens is 481 g/mol. The predicted molar refractivity (Wildman–Crippen MR) is 129 cm³/mol. The number of hydrogen-bond donors (Lipinski definition) is 2. The van der Waals surface area contributed by atoms with Crippen molar-refractivity contribution in [2.75, 3.05) is 40.0 Å². The molecule has 0 bridgehead atoms. The summed E-state index contributed by atoms with van der Waals surface area (Å²) in [4.78, 5) is 4.30. The van der Waals surface area contributed by atoms with E-state index in [9.17, 15) is 0 Å². The summed E-state index contributed by atoms with van der Waals surface area (Å²) in [7, 11) is 1.79. The molecule has 0 radical (unpaired) electrons. The van der Waals surface area contributed by atoms with Crippen LogP contribution in [-0.4, -0.2) is 51.6 Å². The van der Waals surface area contributed by atoms with Crippen molar-refractivity contribution < 1.29 is 14.2 Å². The van der Waals surface area contributed by atoms with Crippen molar-refractivity contribution in [2.45, 2.75) is 52.2 Å². The molecule has 1 aliphatic heterocycles. The number of nitrogens with one attached hydrogen (secondary N) is 2. The van der Waals surface area contributed by atoms with Crippen molar-refractivity contribution in [1.29, 1.82) is 0 Å². The van der Waals surface area contributed by atoms with E-state index >= 15 is 0 Å². The van der Waals surface area contributed by atoms with Crippen molar-refractivity contribution in [3.05, 3.63) is 29.8 Å². The molecule has 0 unspecified atom stereocenters. The fourth-order valence-corrected chi connectivity index (χ4v) is 3.02. The van der Waals surface area contributed by atoms with Crippen molar-refractivity contribution in [1.82, 2.24) is 10.6 Å². The lowest BCUT2D eigenvalue weighted by atomic mass is 10.0. The van der Waals surface area contributed by atoms with Gasteiger partial charge in [0.15, 0.2) is 5.96 Å². The van der Waals surface area contributed by atoms with Gasteiger partial charge in [-0.25, -0.2) is 0 Å². The summed E-state index contributed by atoms with van der Waals surface area (Å²) >= 11 is 0. The van der Waals surface area contributed by atoms with Gasteiger partial charge in [-0.15, -0.1) is 24.0 Å². The molecule has 2 N–H and O–H groups in total. The Morgan fingerprint density at radius 2 is 1.90 bits per heavy atom. The minimum Gasteiger partial charge on any atom is -0.488 e. The Morgan fingerprint density at radius 1 is 1.17 bits per heavy atom. The van der Waals surface area contributed by atoms with E-state index < -0.39 is 0 Å². The van der Waals surface area contributed by atoms with Crippen LogP contribution in [0, 0.1) is 5.92 Å². The summed E-state index contributed by atoms with van der Waals surface area (Å²) in [6.45, 7) is 11.0. The van der Waals surface area contributed by atoms with E-state index in [1.165, 1.54) is 0 Å². The molecule has 6 nitrogen and oxygen atoms in total. The quantitative estimate of drug-likeness (QED) is 0.224. The van der Waals surface area contributed by atoms with Crippen molar-refractivity contribution in [3.8, 4) is 5.75 Å². The van der Waals surface area contributed by atoms with Crippen molar-refractivity contribution >= 4 is 29.9 Å². The SMILES string of the molecule is CN=C(NCCCOCC1CCOCC1)NCc1ccccc1OC(C)(C)C.I. The summed E-state index contributed by atoms with van der Waals surface area (Å²) in [6, 6.07) is 8.11. The van der Waals surface area contributed by atoms with Gasteiger partial charge in [0.1, 0.15) is 11.4 Å². The third-order valence-corrected chi connectivity index (χ3v) is 4.51. The standard InChI is InChI=1S/C22H37N3O3.HI/c1-22(2,3)28-20-9-6-5-8-19(20)16-25-21(23-4)24-12-7-13-27-17-18-10-14-26-15-11-18;/h5-6,8-9,18H,7,10-17H2,1-4H3,(H2,23,24,25);1H. The fourth-order valence-electron chi connectivity index (χ4n) is 3.02. The molecule has 1 fully saturated rings. The van der Waals surface area contributed by atoms with Crippen LogP contribution in [-0.2, 0) is 16.0 Å². The number of hydrogen-bond acceptors (Lipinski definition) is 4. The Labute approximate surface area is 193 Å². The zero-order valence-corrected chi connectivity index (χ0v) is 20.7. The van der Waals surface area contributed by atoms with Crippen LogP contribution in [0.15, 0.2) is 29.3 Å². The van der Waals surface area contributed by atoms with Crippen LogP contribution in [0.1, 0.15) is 45.6 Å². The highest BCUT2D eigenvalue weighted by Crippen LogP contribution is 2.22. The molecule has 1 heterocycles. The number of halogens is 1.